The molecule has 0 bridgehead atoms. The predicted molar refractivity (Wildman–Crippen MR) is 85.9 cm³/mol. The van der Waals surface area contributed by atoms with Crippen molar-refractivity contribution in [2.45, 2.75) is 0 Å². The van der Waals surface area contributed by atoms with Crippen molar-refractivity contribution in [2.75, 3.05) is 5.73 Å². The maximum absolute atomic E-state index is 6.09. The molecular formula is C13H8Br2N2OS. The summed E-state index contributed by atoms with van der Waals surface area (Å²) < 4.78 is 8.74. The van der Waals surface area contributed by atoms with Gasteiger partial charge in [-0.15, -0.1) is 11.3 Å². The molecular weight excluding hydrogens is 392 g/mol. The summed E-state index contributed by atoms with van der Waals surface area (Å²) in [6.45, 7) is 0. The molecule has 2 N–H and O–H groups in total. The van der Waals surface area contributed by atoms with Crippen molar-refractivity contribution in [3.05, 3.63) is 44.8 Å². The number of rotatable bonds is 2. The quantitative estimate of drug-likeness (QED) is 0.602. The topological polar surface area (TPSA) is 48.1 Å². The van der Waals surface area contributed by atoms with E-state index >= 15 is 0 Å². The van der Waals surface area contributed by atoms with Crippen molar-refractivity contribution in [3.8, 4) is 11.5 Å². The van der Waals surface area contributed by atoms with E-state index in [2.05, 4.69) is 36.8 Å². The van der Waals surface area contributed by atoms with E-state index in [-0.39, 0.29) is 0 Å². The molecule has 6 heteroatoms. The van der Waals surface area contributed by atoms with Crippen molar-refractivity contribution < 1.29 is 4.74 Å². The third-order valence-corrected chi connectivity index (χ3v) is 4.52. The van der Waals surface area contributed by atoms with Crippen molar-refractivity contribution >= 4 is 59.1 Å². The molecule has 0 saturated carbocycles. The zero-order valence-electron chi connectivity index (χ0n) is 9.56. The molecule has 0 amide bonds. The Morgan fingerprint density at radius 1 is 1.11 bits per heavy atom. The number of halogens is 2. The number of nitrogen functional groups attached to an aromatic ring is 1. The van der Waals surface area contributed by atoms with Crippen LogP contribution in [0, 0.1) is 0 Å². The minimum atomic E-state index is 0.563. The zero-order chi connectivity index (χ0) is 13.4. The molecule has 1 aromatic heterocycles. The Balaban J connectivity index is 2.03. The molecule has 0 aliphatic carbocycles. The number of nitrogens with two attached hydrogens (primary N) is 1. The molecule has 19 heavy (non-hydrogen) atoms. The third-order valence-electron chi connectivity index (χ3n) is 2.62. The lowest BCUT2D eigenvalue weighted by molar-refractivity contribution is 0.482. The zero-order valence-corrected chi connectivity index (χ0v) is 13.5. The minimum Gasteiger partial charge on any atom is -0.454 e. The van der Waals surface area contributed by atoms with E-state index in [9.17, 15) is 0 Å². The summed E-state index contributed by atoms with van der Waals surface area (Å²) in [7, 11) is 0. The molecule has 3 nitrogen and oxygen atoms in total. The number of anilines is 1. The summed E-state index contributed by atoms with van der Waals surface area (Å²) >= 11 is 8.43. The molecule has 0 atom stereocenters. The fraction of sp³-hybridized carbons (Fsp3) is 0. The SMILES string of the molecule is Nc1c(Oc2ccc(Br)cc2Br)ccc2scnc12. The molecule has 96 valence electrons. The van der Waals surface area contributed by atoms with Gasteiger partial charge in [0.2, 0.25) is 0 Å². The van der Waals surface area contributed by atoms with Crippen LogP contribution in [-0.2, 0) is 0 Å². The number of thiazole rings is 1. The van der Waals surface area contributed by atoms with E-state index in [1.165, 1.54) is 0 Å². The van der Waals surface area contributed by atoms with Crippen molar-refractivity contribution in [1.82, 2.24) is 4.98 Å². The van der Waals surface area contributed by atoms with E-state index in [0.717, 1.165) is 19.2 Å². The molecule has 0 radical (unpaired) electrons. The summed E-state index contributed by atoms with van der Waals surface area (Å²) in [4.78, 5) is 4.25. The van der Waals surface area contributed by atoms with Crippen LogP contribution < -0.4 is 10.5 Å². The van der Waals surface area contributed by atoms with Crippen LogP contribution in [0.15, 0.2) is 44.8 Å². The molecule has 3 rings (SSSR count). The van der Waals surface area contributed by atoms with Gasteiger partial charge in [0.05, 0.1) is 14.7 Å². The van der Waals surface area contributed by atoms with Gasteiger partial charge in [-0.1, -0.05) is 15.9 Å². The van der Waals surface area contributed by atoms with Crippen molar-refractivity contribution in [1.29, 1.82) is 0 Å². The van der Waals surface area contributed by atoms with Crippen LogP contribution in [0.1, 0.15) is 0 Å². The van der Waals surface area contributed by atoms with E-state index in [1.54, 1.807) is 16.8 Å². The second kappa shape index (κ2) is 5.11. The average molecular weight is 400 g/mol. The summed E-state index contributed by atoms with van der Waals surface area (Å²) in [5.74, 6) is 1.32. The largest absolute Gasteiger partial charge is 0.454 e. The third kappa shape index (κ3) is 2.48. The minimum absolute atomic E-state index is 0.563. The second-order valence-electron chi connectivity index (χ2n) is 3.85. The first kappa shape index (κ1) is 12.9. The summed E-state index contributed by atoms with van der Waals surface area (Å²) in [5.41, 5.74) is 9.22. The fourth-order valence-electron chi connectivity index (χ4n) is 1.70. The number of nitrogens with zero attached hydrogens (tertiary/aromatic N) is 1. The summed E-state index contributed by atoms with van der Waals surface area (Å²) in [6, 6.07) is 9.54. The number of hydrogen-bond acceptors (Lipinski definition) is 4. The highest BCUT2D eigenvalue weighted by Gasteiger charge is 2.10. The van der Waals surface area contributed by atoms with E-state index < -0.39 is 0 Å². The van der Waals surface area contributed by atoms with Crippen LogP contribution in [0.4, 0.5) is 5.69 Å². The summed E-state index contributed by atoms with van der Waals surface area (Å²) in [6.07, 6.45) is 0. The van der Waals surface area contributed by atoms with Gasteiger partial charge in [0.15, 0.2) is 5.75 Å². The Bertz CT molecular complexity index is 757. The number of benzene rings is 2. The molecule has 0 aliphatic rings. The van der Waals surface area contributed by atoms with Crippen LogP contribution in [0.3, 0.4) is 0 Å². The monoisotopic (exact) mass is 398 g/mol. The first-order valence-electron chi connectivity index (χ1n) is 5.40. The lowest BCUT2D eigenvalue weighted by Crippen LogP contribution is -1.93. The van der Waals surface area contributed by atoms with Gasteiger partial charge >= 0.3 is 0 Å². The molecule has 1 heterocycles. The van der Waals surface area contributed by atoms with Gasteiger partial charge in [-0.05, 0) is 46.3 Å². The highest BCUT2D eigenvalue weighted by atomic mass is 79.9. The molecule has 0 unspecified atom stereocenters. The van der Waals surface area contributed by atoms with Crippen LogP contribution in [-0.4, -0.2) is 4.98 Å². The first-order valence-corrected chi connectivity index (χ1v) is 7.86. The van der Waals surface area contributed by atoms with Crippen molar-refractivity contribution in [3.63, 3.8) is 0 Å². The molecule has 0 saturated heterocycles. The molecule has 0 fully saturated rings. The Kier molecular flexibility index (Phi) is 3.47. The molecule has 3 aromatic rings. The highest BCUT2D eigenvalue weighted by molar-refractivity contribution is 9.11. The van der Waals surface area contributed by atoms with Gasteiger partial charge in [-0.2, -0.15) is 0 Å². The number of aromatic nitrogens is 1. The first-order chi connectivity index (χ1) is 9.15. The lowest BCUT2D eigenvalue weighted by atomic mass is 10.2. The molecule has 0 aliphatic heterocycles. The van der Waals surface area contributed by atoms with Gasteiger partial charge < -0.3 is 10.5 Å². The van der Waals surface area contributed by atoms with E-state index in [4.69, 9.17) is 10.5 Å². The number of ether oxygens (including phenoxy) is 1. The van der Waals surface area contributed by atoms with Crippen LogP contribution in [0.5, 0.6) is 11.5 Å². The van der Waals surface area contributed by atoms with Gasteiger partial charge in [0.25, 0.3) is 0 Å². The maximum Gasteiger partial charge on any atom is 0.152 e. The van der Waals surface area contributed by atoms with Gasteiger partial charge in [0, 0.05) is 4.47 Å². The smallest absolute Gasteiger partial charge is 0.152 e. The Morgan fingerprint density at radius 2 is 1.89 bits per heavy atom. The Morgan fingerprint density at radius 3 is 2.68 bits per heavy atom. The normalized spacial score (nSPS) is 10.8. The predicted octanol–water partition coefficient (Wildman–Crippen LogP) is 5.20. The van der Waals surface area contributed by atoms with Crippen molar-refractivity contribution in [2.24, 2.45) is 0 Å². The van der Waals surface area contributed by atoms with Crippen LogP contribution in [0.2, 0.25) is 0 Å². The van der Waals surface area contributed by atoms with Gasteiger partial charge in [0.1, 0.15) is 17.0 Å². The van der Waals surface area contributed by atoms with Crippen LogP contribution >= 0.6 is 43.2 Å². The average Bonchev–Trinajstić information content (AvgIpc) is 2.85. The van der Waals surface area contributed by atoms with Crippen LogP contribution in [0.25, 0.3) is 10.2 Å². The highest BCUT2D eigenvalue weighted by Crippen LogP contribution is 2.37. The van der Waals surface area contributed by atoms with E-state index in [1.807, 2.05) is 30.3 Å². The summed E-state index contributed by atoms with van der Waals surface area (Å²) in [5, 5.41) is 0. The Hall–Kier alpha value is -1.11. The number of hydrogen-bond donors (Lipinski definition) is 1. The molecule has 0 spiro atoms. The standard InChI is InChI=1S/C13H8Br2N2OS/c14-7-1-2-9(8(15)5-7)18-10-3-4-11-13(12(10)16)17-6-19-11/h1-6H,16H2. The van der Waals surface area contributed by atoms with Gasteiger partial charge in [-0.3, -0.25) is 0 Å². The van der Waals surface area contributed by atoms with Gasteiger partial charge in [-0.25, -0.2) is 4.98 Å². The lowest BCUT2D eigenvalue weighted by Gasteiger charge is -2.10. The van der Waals surface area contributed by atoms with E-state index in [0.29, 0.717) is 17.2 Å². The Labute approximate surface area is 130 Å². The second-order valence-corrected chi connectivity index (χ2v) is 6.51. The molecule has 2 aromatic carbocycles. The maximum atomic E-state index is 6.09. The fourth-order valence-corrected chi connectivity index (χ4v) is 3.52. The number of fused-ring (bicyclic) bond motifs is 1.